The van der Waals surface area contributed by atoms with Gasteiger partial charge in [-0.1, -0.05) is 26.0 Å². The third-order valence-electron chi connectivity index (χ3n) is 2.97. The Hall–Kier alpha value is -2.10. The van der Waals surface area contributed by atoms with Crippen molar-refractivity contribution in [3.63, 3.8) is 0 Å². The van der Waals surface area contributed by atoms with Crippen molar-refractivity contribution in [3.8, 4) is 11.4 Å². The standard InChI is InChI=1S/C15H18N2O2/c1-9(2)7-13-10(3)16-14(17-13)11-5-4-6-12(8-11)15(18)19/h4-6,8-9H,7H2,1-3H3,(H,16,17)(H,18,19). The molecule has 2 rings (SSSR count). The van der Waals surface area contributed by atoms with Gasteiger partial charge in [0.2, 0.25) is 0 Å². The van der Waals surface area contributed by atoms with Gasteiger partial charge in [0.25, 0.3) is 0 Å². The summed E-state index contributed by atoms with van der Waals surface area (Å²) >= 11 is 0. The van der Waals surface area contributed by atoms with E-state index < -0.39 is 5.97 Å². The second-order valence-electron chi connectivity index (χ2n) is 5.14. The van der Waals surface area contributed by atoms with Crippen molar-refractivity contribution >= 4 is 5.97 Å². The van der Waals surface area contributed by atoms with E-state index in [-0.39, 0.29) is 5.56 Å². The Morgan fingerprint density at radius 1 is 1.42 bits per heavy atom. The molecule has 1 aromatic carbocycles. The number of aromatic amines is 1. The fourth-order valence-corrected chi connectivity index (χ4v) is 2.02. The van der Waals surface area contributed by atoms with E-state index in [0.29, 0.717) is 5.92 Å². The van der Waals surface area contributed by atoms with Crippen molar-refractivity contribution in [2.75, 3.05) is 0 Å². The van der Waals surface area contributed by atoms with Gasteiger partial charge in [-0.05, 0) is 31.4 Å². The molecule has 0 unspecified atom stereocenters. The van der Waals surface area contributed by atoms with Gasteiger partial charge in [-0.3, -0.25) is 0 Å². The zero-order valence-electron chi connectivity index (χ0n) is 11.4. The number of aromatic nitrogens is 2. The summed E-state index contributed by atoms with van der Waals surface area (Å²) in [6, 6.07) is 6.82. The lowest BCUT2D eigenvalue weighted by Crippen LogP contribution is -1.97. The van der Waals surface area contributed by atoms with Gasteiger partial charge < -0.3 is 10.1 Å². The predicted molar refractivity (Wildman–Crippen MR) is 74.3 cm³/mol. The van der Waals surface area contributed by atoms with Crippen LogP contribution in [0.3, 0.4) is 0 Å². The summed E-state index contributed by atoms with van der Waals surface area (Å²) in [5.41, 5.74) is 3.17. The van der Waals surface area contributed by atoms with Crippen LogP contribution in [0.4, 0.5) is 0 Å². The number of carboxylic acids is 1. The number of nitrogens with zero attached hydrogens (tertiary/aromatic N) is 1. The average Bonchev–Trinajstić information content (AvgIpc) is 2.70. The normalized spacial score (nSPS) is 10.9. The van der Waals surface area contributed by atoms with Gasteiger partial charge >= 0.3 is 5.97 Å². The van der Waals surface area contributed by atoms with Crippen LogP contribution in [0.5, 0.6) is 0 Å². The summed E-state index contributed by atoms with van der Waals surface area (Å²) in [6.07, 6.45) is 0.918. The molecule has 2 N–H and O–H groups in total. The largest absolute Gasteiger partial charge is 0.478 e. The molecular formula is C15H18N2O2. The van der Waals surface area contributed by atoms with Crippen molar-refractivity contribution < 1.29 is 9.90 Å². The third-order valence-corrected chi connectivity index (χ3v) is 2.97. The van der Waals surface area contributed by atoms with Gasteiger partial charge in [0, 0.05) is 11.3 Å². The lowest BCUT2D eigenvalue weighted by atomic mass is 10.1. The first kappa shape index (κ1) is 13.3. The molecule has 4 nitrogen and oxygen atoms in total. The number of carbonyl (C=O) groups is 1. The van der Waals surface area contributed by atoms with Crippen molar-refractivity contribution in [2.45, 2.75) is 27.2 Å². The average molecular weight is 258 g/mol. The van der Waals surface area contributed by atoms with Gasteiger partial charge in [-0.15, -0.1) is 0 Å². The van der Waals surface area contributed by atoms with Crippen LogP contribution >= 0.6 is 0 Å². The van der Waals surface area contributed by atoms with Crippen molar-refractivity contribution in [3.05, 3.63) is 41.2 Å². The van der Waals surface area contributed by atoms with E-state index in [1.165, 1.54) is 0 Å². The molecule has 0 aliphatic carbocycles. The number of hydrogen-bond acceptors (Lipinski definition) is 2. The van der Waals surface area contributed by atoms with Gasteiger partial charge in [-0.25, -0.2) is 9.78 Å². The molecule has 100 valence electrons. The molecule has 0 amide bonds. The number of benzene rings is 1. The first-order valence-electron chi connectivity index (χ1n) is 6.36. The van der Waals surface area contributed by atoms with Gasteiger partial charge in [0.15, 0.2) is 0 Å². The fraction of sp³-hybridized carbons (Fsp3) is 0.333. The Labute approximate surface area is 112 Å². The van der Waals surface area contributed by atoms with E-state index in [4.69, 9.17) is 5.11 Å². The van der Waals surface area contributed by atoms with Crippen molar-refractivity contribution in [1.82, 2.24) is 9.97 Å². The van der Waals surface area contributed by atoms with Crippen LogP contribution in [0.15, 0.2) is 24.3 Å². The number of nitrogens with one attached hydrogen (secondary N) is 1. The second kappa shape index (κ2) is 5.26. The quantitative estimate of drug-likeness (QED) is 0.884. The molecule has 0 aliphatic rings. The molecule has 0 radical (unpaired) electrons. The van der Waals surface area contributed by atoms with Crippen LogP contribution < -0.4 is 0 Å². The number of imidazole rings is 1. The summed E-state index contributed by atoms with van der Waals surface area (Å²) in [5.74, 6) is 0.351. The molecule has 0 fully saturated rings. The molecule has 0 saturated heterocycles. The molecule has 1 aromatic heterocycles. The van der Waals surface area contributed by atoms with E-state index >= 15 is 0 Å². The van der Waals surface area contributed by atoms with Crippen molar-refractivity contribution in [1.29, 1.82) is 0 Å². The second-order valence-corrected chi connectivity index (χ2v) is 5.14. The highest BCUT2D eigenvalue weighted by molar-refractivity contribution is 5.89. The highest BCUT2D eigenvalue weighted by atomic mass is 16.4. The van der Waals surface area contributed by atoms with E-state index in [2.05, 4.69) is 23.8 Å². The van der Waals surface area contributed by atoms with Gasteiger partial charge in [-0.2, -0.15) is 0 Å². The Bertz CT molecular complexity index is 600. The number of aromatic carboxylic acids is 1. The summed E-state index contributed by atoms with van der Waals surface area (Å²) in [5, 5.41) is 9.00. The highest BCUT2D eigenvalue weighted by Crippen LogP contribution is 2.20. The zero-order valence-corrected chi connectivity index (χ0v) is 11.4. The van der Waals surface area contributed by atoms with Gasteiger partial charge in [0.1, 0.15) is 5.82 Å². The number of hydrogen-bond donors (Lipinski definition) is 2. The number of carboxylic acid groups (broad SMARTS) is 1. The molecule has 19 heavy (non-hydrogen) atoms. The molecular weight excluding hydrogens is 240 g/mol. The Morgan fingerprint density at radius 2 is 2.16 bits per heavy atom. The first-order valence-corrected chi connectivity index (χ1v) is 6.36. The molecule has 0 aliphatic heterocycles. The van der Waals surface area contributed by atoms with E-state index in [9.17, 15) is 4.79 Å². The van der Waals surface area contributed by atoms with E-state index in [1.807, 2.05) is 13.0 Å². The lowest BCUT2D eigenvalue weighted by Gasteiger charge is -2.01. The molecule has 0 spiro atoms. The maximum Gasteiger partial charge on any atom is 0.335 e. The SMILES string of the molecule is Cc1[nH]c(-c2cccc(C(=O)O)c2)nc1CC(C)C. The lowest BCUT2D eigenvalue weighted by molar-refractivity contribution is 0.0697. The predicted octanol–water partition coefficient (Wildman–Crippen LogP) is 3.28. The maximum absolute atomic E-state index is 11.0. The summed E-state index contributed by atoms with van der Waals surface area (Å²) < 4.78 is 0. The molecule has 4 heteroatoms. The van der Waals surface area contributed by atoms with Crippen LogP contribution in [0.1, 0.15) is 35.6 Å². The smallest absolute Gasteiger partial charge is 0.335 e. The molecule has 0 atom stereocenters. The summed E-state index contributed by atoms with van der Waals surface area (Å²) in [4.78, 5) is 18.8. The van der Waals surface area contributed by atoms with E-state index in [1.54, 1.807) is 18.2 Å². The van der Waals surface area contributed by atoms with Crippen LogP contribution in [0.2, 0.25) is 0 Å². The fourth-order valence-electron chi connectivity index (χ4n) is 2.02. The molecule has 0 saturated carbocycles. The third kappa shape index (κ3) is 3.02. The van der Waals surface area contributed by atoms with Crippen LogP contribution in [0, 0.1) is 12.8 Å². The maximum atomic E-state index is 11.0. The number of aryl methyl sites for hydroxylation is 1. The number of rotatable bonds is 4. The topological polar surface area (TPSA) is 66.0 Å². The monoisotopic (exact) mass is 258 g/mol. The minimum atomic E-state index is -0.924. The summed E-state index contributed by atoms with van der Waals surface area (Å²) in [6.45, 7) is 6.30. The molecule has 1 heterocycles. The van der Waals surface area contributed by atoms with Crippen molar-refractivity contribution in [2.24, 2.45) is 5.92 Å². The highest BCUT2D eigenvalue weighted by Gasteiger charge is 2.11. The Balaban J connectivity index is 2.36. The van der Waals surface area contributed by atoms with E-state index in [0.717, 1.165) is 29.2 Å². The minimum absolute atomic E-state index is 0.275. The van der Waals surface area contributed by atoms with Crippen LogP contribution in [-0.2, 0) is 6.42 Å². The van der Waals surface area contributed by atoms with Gasteiger partial charge in [0.05, 0.1) is 11.3 Å². The van der Waals surface area contributed by atoms with Crippen LogP contribution in [0.25, 0.3) is 11.4 Å². The van der Waals surface area contributed by atoms with Crippen LogP contribution in [-0.4, -0.2) is 21.0 Å². The Kier molecular flexibility index (Phi) is 3.69. The minimum Gasteiger partial charge on any atom is -0.478 e. The number of H-pyrrole nitrogens is 1. The Morgan fingerprint density at radius 3 is 2.79 bits per heavy atom. The molecule has 0 bridgehead atoms. The first-order chi connectivity index (χ1) is 8.97. The summed E-state index contributed by atoms with van der Waals surface area (Å²) in [7, 11) is 0. The zero-order chi connectivity index (χ0) is 14.0. The molecule has 2 aromatic rings.